The van der Waals surface area contributed by atoms with Crippen LogP contribution in [0.3, 0.4) is 0 Å². The van der Waals surface area contributed by atoms with Gasteiger partial charge in [0.2, 0.25) is 0 Å². The number of carbonyl (C=O) groups excluding carboxylic acids is 1. The van der Waals surface area contributed by atoms with E-state index >= 15 is 0 Å². The van der Waals surface area contributed by atoms with Crippen LogP contribution in [0.15, 0.2) is 70.4 Å². The van der Waals surface area contributed by atoms with Crippen molar-refractivity contribution in [2.45, 2.75) is 19.8 Å². The van der Waals surface area contributed by atoms with Crippen LogP contribution >= 0.6 is 0 Å². The molecule has 5 heteroatoms. The van der Waals surface area contributed by atoms with E-state index in [1.165, 1.54) is 5.56 Å². The summed E-state index contributed by atoms with van der Waals surface area (Å²) in [5.41, 5.74) is 4.09. The molecule has 29 heavy (non-hydrogen) atoms. The summed E-state index contributed by atoms with van der Waals surface area (Å²) in [5.74, 6) is -0.424. The predicted molar refractivity (Wildman–Crippen MR) is 115 cm³/mol. The predicted octanol–water partition coefficient (Wildman–Crippen LogP) is 4.28. The minimum atomic E-state index is -0.630. The topological polar surface area (TPSA) is 75.1 Å². The van der Waals surface area contributed by atoms with E-state index in [0.717, 1.165) is 27.5 Å². The number of aromatic amines is 1. The molecule has 0 aliphatic heterocycles. The average molecular weight is 386 g/mol. The highest BCUT2D eigenvalue weighted by Crippen LogP contribution is 2.22. The summed E-state index contributed by atoms with van der Waals surface area (Å²) < 4.78 is 5.46. The third kappa shape index (κ3) is 3.59. The monoisotopic (exact) mass is 386 g/mol. The largest absolute Gasteiger partial charge is 0.422 e. The number of benzene rings is 2. The molecule has 2 heterocycles. The van der Waals surface area contributed by atoms with E-state index in [1.54, 1.807) is 12.1 Å². The molecule has 0 aliphatic rings. The Balaban J connectivity index is 1.53. The molecule has 0 aliphatic carbocycles. The van der Waals surface area contributed by atoms with Gasteiger partial charge in [0.1, 0.15) is 11.1 Å². The lowest BCUT2D eigenvalue weighted by molar-refractivity contribution is 0.0950. The van der Waals surface area contributed by atoms with Crippen LogP contribution in [0.25, 0.3) is 21.9 Å². The standard InChI is InChI=1S/C24H22N2O3/c1-3-7-16-8-6-9-17-14-20(24(28)29-22(16)17)23(27)25-13-12-18-15(2)26-21-11-5-4-10-19(18)21/h3-6,8-11,14,26H,1,7,12-13H2,2H3,(H,25,27). The van der Waals surface area contributed by atoms with E-state index < -0.39 is 11.5 Å². The molecule has 0 saturated carbocycles. The zero-order chi connectivity index (χ0) is 20.4. The van der Waals surface area contributed by atoms with Gasteiger partial charge in [-0.15, -0.1) is 6.58 Å². The number of aryl methyl sites for hydroxylation is 1. The molecular weight excluding hydrogens is 364 g/mol. The lowest BCUT2D eigenvalue weighted by Gasteiger charge is -2.07. The van der Waals surface area contributed by atoms with Crippen LogP contribution in [0.4, 0.5) is 0 Å². The van der Waals surface area contributed by atoms with Crippen molar-refractivity contribution in [1.29, 1.82) is 0 Å². The van der Waals surface area contributed by atoms with Crippen molar-refractivity contribution in [3.8, 4) is 0 Å². The number of rotatable bonds is 6. The molecule has 4 aromatic rings. The van der Waals surface area contributed by atoms with Crippen LogP contribution in [0, 0.1) is 6.92 Å². The molecule has 2 aromatic carbocycles. The van der Waals surface area contributed by atoms with Gasteiger partial charge in [-0.2, -0.15) is 0 Å². The number of carbonyl (C=O) groups is 1. The first kappa shape index (κ1) is 18.7. The Morgan fingerprint density at radius 1 is 1.21 bits per heavy atom. The maximum atomic E-state index is 12.6. The van der Waals surface area contributed by atoms with Gasteiger partial charge < -0.3 is 14.7 Å². The van der Waals surface area contributed by atoms with Crippen molar-refractivity contribution >= 4 is 27.8 Å². The normalized spacial score (nSPS) is 11.1. The smallest absolute Gasteiger partial charge is 0.349 e. The van der Waals surface area contributed by atoms with Crippen molar-refractivity contribution < 1.29 is 9.21 Å². The molecular formula is C24H22N2O3. The minimum absolute atomic E-state index is 0.0175. The van der Waals surface area contributed by atoms with Gasteiger partial charge in [0.25, 0.3) is 5.91 Å². The van der Waals surface area contributed by atoms with Crippen LogP contribution in [-0.2, 0) is 12.8 Å². The maximum absolute atomic E-state index is 12.6. The van der Waals surface area contributed by atoms with E-state index in [-0.39, 0.29) is 5.56 Å². The molecule has 5 nitrogen and oxygen atoms in total. The van der Waals surface area contributed by atoms with Gasteiger partial charge in [0, 0.05) is 28.5 Å². The first-order chi connectivity index (χ1) is 14.1. The van der Waals surface area contributed by atoms with Crippen molar-refractivity contribution in [3.05, 3.63) is 94.0 Å². The number of allylic oxidation sites excluding steroid dienone is 1. The number of hydrogen-bond acceptors (Lipinski definition) is 3. The fraction of sp³-hybridized carbons (Fsp3) is 0.167. The first-order valence-corrected chi connectivity index (χ1v) is 9.59. The number of aromatic nitrogens is 1. The average Bonchev–Trinajstić information content (AvgIpc) is 3.03. The molecule has 146 valence electrons. The van der Waals surface area contributed by atoms with Gasteiger partial charge in [0.05, 0.1) is 0 Å². The SMILES string of the molecule is C=CCc1cccc2cc(C(=O)NCCc3c(C)[nH]c4ccccc34)c(=O)oc12. The highest BCUT2D eigenvalue weighted by Gasteiger charge is 2.15. The molecule has 0 saturated heterocycles. The highest BCUT2D eigenvalue weighted by atomic mass is 16.4. The maximum Gasteiger partial charge on any atom is 0.349 e. The number of fused-ring (bicyclic) bond motifs is 2. The van der Waals surface area contributed by atoms with E-state index in [9.17, 15) is 9.59 Å². The van der Waals surface area contributed by atoms with Gasteiger partial charge in [-0.05, 0) is 43.0 Å². The fourth-order valence-corrected chi connectivity index (χ4v) is 3.73. The highest BCUT2D eigenvalue weighted by molar-refractivity contribution is 5.97. The Hall–Kier alpha value is -3.60. The first-order valence-electron chi connectivity index (χ1n) is 9.59. The van der Waals surface area contributed by atoms with Crippen molar-refractivity contribution in [2.24, 2.45) is 0 Å². The molecule has 2 aromatic heterocycles. The van der Waals surface area contributed by atoms with Crippen LogP contribution in [0.5, 0.6) is 0 Å². The Labute approximate surface area is 168 Å². The molecule has 0 fully saturated rings. The third-order valence-electron chi connectivity index (χ3n) is 5.14. The van der Waals surface area contributed by atoms with E-state index in [1.807, 2.05) is 43.3 Å². The van der Waals surface area contributed by atoms with Crippen LogP contribution in [0.2, 0.25) is 0 Å². The quantitative estimate of drug-likeness (QED) is 0.384. The number of amides is 1. The molecule has 1 amide bonds. The number of hydrogen-bond donors (Lipinski definition) is 2. The number of H-pyrrole nitrogens is 1. The van der Waals surface area contributed by atoms with Crippen molar-refractivity contribution in [3.63, 3.8) is 0 Å². The summed E-state index contributed by atoms with van der Waals surface area (Å²) in [6.45, 7) is 6.17. The molecule has 0 radical (unpaired) electrons. The van der Waals surface area contributed by atoms with Gasteiger partial charge in [-0.3, -0.25) is 4.79 Å². The summed E-state index contributed by atoms with van der Waals surface area (Å²) in [4.78, 5) is 28.4. The zero-order valence-electron chi connectivity index (χ0n) is 16.2. The lowest BCUT2D eigenvalue weighted by atomic mass is 10.1. The van der Waals surface area contributed by atoms with E-state index in [0.29, 0.717) is 25.0 Å². The summed E-state index contributed by atoms with van der Waals surface area (Å²) in [6, 6.07) is 15.3. The van der Waals surface area contributed by atoms with Gasteiger partial charge in [0.15, 0.2) is 0 Å². The minimum Gasteiger partial charge on any atom is -0.422 e. The molecule has 2 N–H and O–H groups in total. The van der Waals surface area contributed by atoms with Crippen molar-refractivity contribution in [1.82, 2.24) is 10.3 Å². The van der Waals surface area contributed by atoms with Gasteiger partial charge in [-0.25, -0.2) is 4.79 Å². The summed E-state index contributed by atoms with van der Waals surface area (Å²) in [5, 5.41) is 4.72. The molecule has 0 bridgehead atoms. The van der Waals surface area contributed by atoms with Crippen LogP contribution in [-0.4, -0.2) is 17.4 Å². The Kier molecular flexibility index (Phi) is 5.04. The Morgan fingerprint density at radius 2 is 2.03 bits per heavy atom. The summed E-state index contributed by atoms with van der Waals surface area (Å²) in [6.07, 6.45) is 3.02. The van der Waals surface area contributed by atoms with Crippen LogP contribution < -0.4 is 10.9 Å². The second-order valence-electron chi connectivity index (χ2n) is 7.06. The van der Waals surface area contributed by atoms with Gasteiger partial charge in [-0.1, -0.05) is 42.5 Å². The summed E-state index contributed by atoms with van der Waals surface area (Å²) >= 11 is 0. The van der Waals surface area contributed by atoms with E-state index in [2.05, 4.69) is 22.9 Å². The lowest BCUT2D eigenvalue weighted by Crippen LogP contribution is -2.30. The molecule has 0 unspecified atom stereocenters. The fourth-order valence-electron chi connectivity index (χ4n) is 3.73. The zero-order valence-corrected chi connectivity index (χ0v) is 16.2. The van der Waals surface area contributed by atoms with E-state index in [4.69, 9.17) is 4.42 Å². The molecule has 4 rings (SSSR count). The summed E-state index contributed by atoms with van der Waals surface area (Å²) in [7, 11) is 0. The Morgan fingerprint density at radius 3 is 2.86 bits per heavy atom. The Bertz CT molecular complexity index is 1280. The third-order valence-corrected chi connectivity index (χ3v) is 5.14. The van der Waals surface area contributed by atoms with Gasteiger partial charge >= 0.3 is 5.63 Å². The number of para-hydroxylation sites is 2. The molecule has 0 spiro atoms. The van der Waals surface area contributed by atoms with Crippen molar-refractivity contribution in [2.75, 3.05) is 6.54 Å². The second-order valence-corrected chi connectivity index (χ2v) is 7.06. The molecule has 0 atom stereocenters. The number of nitrogens with one attached hydrogen (secondary N) is 2. The second kappa shape index (κ2) is 7.80. The van der Waals surface area contributed by atoms with Crippen LogP contribution in [0.1, 0.15) is 27.2 Å².